The van der Waals surface area contributed by atoms with E-state index in [9.17, 15) is 0 Å². The van der Waals surface area contributed by atoms with Crippen LogP contribution in [-0.4, -0.2) is 4.98 Å². The third-order valence-electron chi connectivity index (χ3n) is 7.82. The predicted molar refractivity (Wildman–Crippen MR) is 126 cm³/mol. The molecule has 1 saturated carbocycles. The van der Waals surface area contributed by atoms with Gasteiger partial charge in [0.2, 0.25) is 0 Å². The van der Waals surface area contributed by atoms with Gasteiger partial charge in [-0.05, 0) is 92.7 Å². The molecule has 3 aromatic rings. The molecule has 1 aromatic heterocycles. The zero-order valence-electron chi connectivity index (χ0n) is 18.8. The van der Waals surface area contributed by atoms with Crippen molar-refractivity contribution in [2.24, 2.45) is 5.41 Å². The summed E-state index contributed by atoms with van der Waals surface area (Å²) >= 11 is 0. The average Bonchev–Trinajstić information content (AvgIpc) is 2.75. The highest BCUT2D eigenvalue weighted by Crippen LogP contribution is 2.48. The fourth-order valence-corrected chi connectivity index (χ4v) is 5.48. The molecule has 0 radical (unpaired) electrons. The van der Waals surface area contributed by atoms with Gasteiger partial charge in [-0.1, -0.05) is 56.5 Å². The molecule has 0 aliphatic heterocycles. The van der Waals surface area contributed by atoms with Gasteiger partial charge < -0.3 is 0 Å². The van der Waals surface area contributed by atoms with Crippen LogP contribution in [0.1, 0.15) is 80.5 Å². The molecule has 1 heterocycles. The lowest BCUT2D eigenvalue weighted by atomic mass is 9.66. The Morgan fingerprint density at radius 2 is 1.62 bits per heavy atom. The minimum absolute atomic E-state index is 0.576. The van der Waals surface area contributed by atoms with Crippen molar-refractivity contribution < 1.29 is 0 Å². The summed E-state index contributed by atoms with van der Waals surface area (Å²) in [4.78, 5) is 5.10. The molecule has 0 amide bonds. The quantitative estimate of drug-likeness (QED) is 0.440. The molecule has 1 aliphatic rings. The van der Waals surface area contributed by atoms with Crippen molar-refractivity contribution in [3.05, 3.63) is 64.7 Å². The van der Waals surface area contributed by atoms with Crippen molar-refractivity contribution in [2.45, 2.75) is 79.1 Å². The van der Waals surface area contributed by atoms with Gasteiger partial charge in [-0.25, -0.2) is 4.98 Å². The summed E-state index contributed by atoms with van der Waals surface area (Å²) in [5.41, 5.74) is 9.69. The number of aromatic nitrogens is 1. The van der Waals surface area contributed by atoms with Crippen LogP contribution in [-0.2, 0) is 0 Å². The van der Waals surface area contributed by atoms with Gasteiger partial charge in [-0.15, -0.1) is 0 Å². The normalized spacial score (nSPS) is 17.0. The van der Waals surface area contributed by atoms with Crippen LogP contribution >= 0.6 is 0 Å². The third kappa shape index (κ3) is 3.72. The van der Waals surface area contributed by atoms with Crippen LogP contribution in [0, 0.1) is 26.2 Å². The van der Waals surface area contributed by atoms with E-state index < -0.39 is 0 Å². The summed E-state index contributed by atoms with van der Waals surface area (Å²) in [6.07, 6.45) is 7.97. The van der Waals surface area contributed by atoms with Crippen molar-refractivity contribution in [3.63, 3.8) is 0 Å². The van der Waals surface area contributed by atoms with Crippen LogP contribution in [0.3, 0.4) is 0 Å². The fourth-order valence-electron chi connectivity index (χ4n) is 5.48. The van der Waals surface area contributed by atoms with E-state index in [2.05, 4.69) is 77.1 Å². The van der Waals surface area contributed by atoms with Gasteiger partial charge in [0, 0.05) is 10.9 Å². The second-order valence-electron chi connectivity index (χ2n) is 9.35. The van der Waals surface area contributed by atoms with E-state index in [1.54, 1.807) is 0 Å². The maximum Gasteiger partial charge on any atom is 0.0715 e. The number of para-hydroxylation sites is 1. The SMILES string of the molecule is CCC1(CC)CCC(c2cc(-c3cc(C)cc(C)c3C)nc3ccccc23)CC1. The first-order valence-electron chi connectivity index (χ1n) is 11.4. The number of fused-ring (bicyclic) bond motifs is 1. The lowest BCUT2D eigenvalue weighted by Gasteiger charge is -2.39. The smallest absolute Gasteiger partial charge is 0.0715 e. The van der Waals surface area contributed by atoms with E-state index in [0.717, 1.165) is 11.2 Å². The van der Waals surface area contributed by atoms with Gasteiger partial charge in [0.1, 0.15) is 0 Å². The summed E-state index contributed by atoms with van der Waals surface area (Å²) < 4.78 is 0. The molecule has 152 valence electrons. The summed E-state index contributed by atoms with van der Waals surface area (Å²) in [5.74, 6) is 0.652. The number of benzene rings is 2. The number of rotatable bonds is 4. The van der Waals surface area contributed by atoms with Crippen molar-refractivity contribution in [3.8, 4) is 11.3 Å². The summed E-state index contributed by atoms with van der Waals surface area (Å²) in [6, 6.07) is 15.7. The zero-order chi connectivity index (χ0) is 20.6. The largest absolute Gasteiger partial charge is 0.248 e. The molecule has 1 fully saturated rings. The maximum absolute atomic E-state index is 5.10. The maximum atomic E-state index is 5.10. The first kappa shape index (κ1) is 20.1. The molecule has 1 heteroatoms. The third-order valence-corrected chi connectivity index (χ3v) is 7.82. The first-order chi connectivity index (χ1) is 14.0. The van der Waals surface area contributed by atoms with E-state index in [1.807, 2.05) is 0 Å². The van der Waals surface area contributed by atoms with Crippen LogP contribution in [0.5, 0.6) is 0 Å². The highest BCUT2D eigenvalue weighted by Gasteiger charge is 2.33. The highest BCUT2D eigenvalue weighted by molar-refractivity contribution is 5.86. The fraction of sp³-hybridized carbons (Fsp3) is 0.464. The Kier molecular flexibility index (Phi) is 5.51. The van der Waals surface area contributed by atoms with Gasteiger partial charge in [-0.3, -0.25) is 0 Å². The molecule has 1 aliphatic carbocycles. The Morgan fingerprint density at radius 3 is 2.31 bits per heavy atom. The lowest BCUT2D eigenvalue weighted by molar-refractivity contribution is 0.160. The lowest BCUT2D eigenvalue weighted by Crippen LogP contribution is -2.25. The van der Waals surface area contributed by atoms with Gasteiger partial charge in [0.25, 0.3) is 0 Å². The highest BCUT2D eigenvalue weighted by atomic mass is 14.7. The van der Waals surface area contributed by atoms with Crippen molar-refractivity contribution in [1.29, 1.82) is 0 Å². The van der Waals surface area contributed by atoms with Crippen LogP contribution in [0.4, 0.5) is 0 Å². The molecule has 0 unspecified atom stereocenters. The minimum atomic E-state index is 0.576. The Hall–Kier alpha value is -2.15. The second-order valence-corrected chi connectivity index (χ2v) is 9.35. The minimum Gasteiger partial charge on any atom is -0.248 e. The predicted octanol–water partition coefficient (Wildman–Crippen LogP) is 8.29. The summed E-state index contributed by atoms with van der Waals surface area (Å²) in [7, 11) is 0. The van der Waals surface area contributed by atoms with Gasteiger partial charge in [0.15, 0.2) is 0 Å². The van der Waals surface area contributed by atoms with Crippen molar-refractivity contribution >= 4 is 10.9 Å². The number of pyridine rings is 1. The Balaban J connectivity index is 1.81. The molecule has 0 bridgehead atoms. The summed E-state index contributed by atoms with van der Waals surface area (Å²) in [6.45, 7) is 11.4. The van der Waals surface area contributed by atoms with Crippen LogP contribution in [0.15, 0.2) is 42.5 Å². The van der Waals surface area contributed by atoms with E-state index in [4.69, 9.17) is 4.98 Å². The van der Waals surface area contributed by atoms with E-state index in [0.29, 0.717) is 11.3 Å². The van der Waals surface area contributed by atoms with E-state index in [1.165, 1.54) is 71.7 Å². The Morgan fingerprint density at radius 1 is 0.931 bits per heavy atom. The molecule has 0 atom stereocenters. The molecule has 2 aromatic carbocycles. The molecular formula is C28H35N. The van der Waals surface area contributed by atoms with Crippen molar-refractivity contribution in [2.75, 3.05) is 0 Å². The first-order valence-corrected chi connectivity index (χ1v) is 11.4. The molecule has 0 spiro atoms. The second kappa shape index (κ2) is 7.94. The average molecular weight is 386 g/mol. The number of nitrogens with zero attached hydrogens (tertiary/aromatic N) is 1. The Bertz CT molecular complexity index is 1020. The van der Waals surface area contributed by atoms with Crippen LogP contribution in [0.25, 0.3) is 22.2 Å². The molecule has 29 heavy (non-hydrogen) atoms. The molecule has 1 nitrogen and oxygen atoms in total. The van der Waals surface area contributed by atoms with E-state index in [-0.39, 0.29) is 0 Å². The molecule has 0 saturated heterocycles. The standard InChI is InChI=1S/C28H35N/c1-6-28(7-2)14-12-22(13-15-28)25-18-27(29-26-11-9-8-10-23(25)26)24-17-19(3)16-20(4)21(24)5/h8-11,16-18,22H,6-7,12-15H2,1-5H3. The van der Waals surface area contributed by atoms with E-state index >= 15 is 0 Å². The van der Waals surface area contributed by atoms with Crippen molar-refractivity contribution in [1.82, 2.24) is 4.98 Å². The molecule has 0 N–H and O–H groups in total. The summed E-state index contributed by atoms with van der Waals surface area (Å²) in [5, 5.41) is 1.35. The van der Waals surface area contributed by atoms with Gasteiger partial charge >= 0.3 is 0 Å². The van der Waals surface area contributed by atoms with Gasteiger partial charge in [-0.2, -0.15) is 0 Å². The zero-order valence-corrected chi connectivity index (χ0v) is 18.8. The topological polar surface area (TPSA) is 12.9 Å². The molecule has 4 rings (SSSR count). The van der Waals surface area contributed by atoms with Crippen LogP contribution < -0.4 is 0 Å². The Labute approximate surface area is 176 Å². The number of aryl methyl sites for hydroxylation is 2. The van der Waals surface area contributed by atoms with Gasteiger partial charge in [0.05, 0.1) is 11.2 Å². The number of hydrogen-bond acceptors (Lipinski definition) is 1. The number of hydrogen-bond donors (Lipinski definition) is 0. The van der Waals surface area contributed by atoms with Crippen LogP contribution in [0.2, 0.25) is 0 Å². The molecular weight excluding hydrogens is 350 g/mol. The monoisotopic (exact) mass is 385 g/mol.